The van der Waals surface area contributed by atoms with E-state index in [2.05, 4.69) is 10.9 Å². The Bertz CT molecular complexity index is 592. The smallest absolute Gasteiger partial charge is 0.276 e. The van der Waals surface area contributed by atoms with Gasteiger partial charge in [0.05, 0.1) is 5.41 Å². The maximum absolute atomic E-state index is 11.9. The van der Waals surface area contributed by atoms with Crippen molar-refractivity contribution in [3.05, 3.63) is 29.8 Å². The van der Waals surface area contributed by atoms with E-state index in [-0.39, 0.29) is 6.61 Å². The van der Waals surface area contributed by atoms with Crippen LogP contribution in [0.4, 0.5) is 0 Å². The zero-order valence-corrected chi connectivity index (χ0v) is 13.9. The van der Waals surface area contributed by atoms with Crippen LogP contribution in [0.2, 0.25) is 0 Å². The number of amides is 2. The van der Waals surface area contributed by atoms with Gasteiger partial charge in [-0.05, 0) is 31.4 Å². The van der Waals surface area contributed by atoms with E-state index in [1.54, 1.807) is 13.0 Å². The third kappa shape index (κ3) is 3.47. The number of benzene rings is 1. The molecule has 1 atom stereocenters. The number of hydrogen-bond donors (Lipinski definition) is 2. The first-order valence-electron chi connectivity index (χ1n) is 6.98. The van der Waals surface area contributed by atoms with Crippen molar-refractivity contribution in [1.29, 1.82) is 0 Å². The molecule has 1 unspecified atom stereocenters. The second kappa shape index (κ2) is 6.34. The molecular weight excluding hydrogens is 327 g/mol. The zero-order chi connectivity index (χ0) is 16.4. The summed E-state index contributed by atoms with van der Waals surface area (Å²) in [5, 5.41) is 0. The number of aryl methyl sites for hydroxylation is 1. The van der Waals surface area contributed by atoms with Gasteiger partial charge in [0, 0.05) is 0 Å². The molecule has 1 aliphatic rings. The van der Waals surface area contributed by atoms with Crippen LogP contribution >= 0.6 is 23.2 Å². The Hall–Kier alpha value is -1.46. The molecule has 120 valence electrons. The van der Waals surface area contributed by atoms with E-state index in [0.717, 1.165) is 12.0 Å². The van der Waals surface area contributed by atoms with Crippen molar-refractivity contribution < 1.29 is 14.3 Å². The summed E-state index contributed by atoms with van der Waals surface area (Å²) in [6, 6.07) is 7.48. The number of halogens is 2. The minimum Gasteiger partial charge on any atom is -0.483 e. The third-order valence-corrected chi connectivity index (χ3v) is 4.89. The number of carbonyl (C=O) groups is 2. The maximum atomic E-state index is 11.9. The topological polar surface area (TPSA) is 67.4 Å². The highest BCUT2D eigenvalue weighted by atomic mass is 35.5. The largest absolute Gasteiger partial charge is 0.483 e. The molecule has 2 amide bonds. The summed E-state index contributed by atoms with van der Waals surface area (Å²) in [4.78, 5) is 23.6. The first-order chi connectivity index (χ1) is 10.3. The average molecular weight is 345 g/mol. The Kier molecular flexibility index (Phi) is 4.87. The monoisotopic (exact) mass is 344 g/mol. The summed E-state index contributed by atoms with van der Waals surface area (Å²) >= 11 is 11.8. The van der Waals surface area contributed by atoms with E-state index in [0.29, 0.717) is 12.2 Å². The molecule has 7 heteroatoms. The normalized spacial score (nSPS) is 21.8. The van der Waals surface area contributed by atoms with Crippen molar-refractivity contribution in [3.63, 3.8) is 0 Å². The number of hydrogen-bond acceptors (Lipinski definition) is 3. The van der Waals surface area contributed by atoms with Crippen molar-refractivity contribution in [2.24, 2.45) is 5.41 Å². The molecule has 0 spiro atoms. The van der Waals surface area contributed by atoms with Crippen molar-refractivity contribution in [3.8, 4) is 5.75 Å². The SMILES string of the molecule is CCc1ccccc1OCC(=O)NNC(=O)C1(C)CC1(Cl)Cl. The summed E-state index contributed by atoms with van der Waals surface area (Å²) in [6.45, 7) is 3.45. The van der Waals surface area contributed by atoms with E-state index in [1.807, 2.05) is 25.1 Å². The molecule has 1 aliphatic carbocycles. The first-order valence-corrected chi connectivity index (χ1v) is 7.73. The van der Waals surface area contributed by atoms with Crippen LogP contribution in [0.15, 0.2) is 24.3 Å². The number of carbonyl (C=O) groups excluding carboxylic acids is 2. The van der Waals surface area contributed by atoms with E-state index >= 15 is 0 Å². The van der Waals surface area contributed by atoms with Gasteiger partial charge in [0.15, 0.2) is 6.61 Å². The molecule has 0 heterocycles. The van der Waals surface area contributed by atoms with Crippen molar-refractivity contribution in [2.45, 2.75) is 31.0 Å². The fourth-order valence-electron chi connectivity index (χ4n) is 2.03. The maximum Gasteiger partial charge on any atom is 0.276 e. The Morgan fingerprint density at radius 1 is 1.27 bits per heavy atom. The molecule has 1 aromatic rings. The molecule has 0 aromatic heterocycles. The Morgan fingerprint density at radius 2 is 1.91 bits per heavy atom. The lowest BCUT2D eigenvalue weighted by atomic mass is 10.1. The van der Waals surface area contributed by atoms with Gasteiger partial charge in [-0.15, -0.1) is 23.2 Å². The quantitative estimate of drug-likeness (QED) is 0.636. The van der Waals surface area contributed by atoms with E-state index in [9.17, 15) is 9.59 Å². The lowest BCUT2D eigenvalue weighted by Crippen LogP contribution is -2.47. The first kappa shape index (κ1) is 16.9. The van der Waals surface area contributed by atoms with Crippen molar-refractivity contribution >= 4 is 35.0 Å². The summed E-state index contributed by atoms with van der Waals surface area (Å²) in [5.74, 6) is -0.223. The molecule has 0 saturated heterocycles. The van der Waals surface area contributed by atoms with Crippen LogP contribution in [0, 0.1) is 5.41 Å². The summed E-state index contributed by atoms with van der Waals surface area (Å²) in [5.41, 5.74) is 4.75. The average Bonchev–Trinajstić information content (AvgIpc) is 3.02. The van der Waals surface area contributed by atoms with Crippen molar-refractivity contribution in [1.82, 2.24) is 10.9 Å². The third-order valence-electron chi connectivity index (χ3n) is 3.79. The van der Waals surface area contributed by atoms with E-state index in [1.165, 1.54) is 0 Å². The van der Waals surface area contributed by atoms with Gasteiger partial charge in [-0.3, -0.25) is 20.4 Å². The van der Waals surface area contributed by atoms with Gasteiger partial charge >= 0.3 is 0 Å². The second-order valence-corrected chi connectivity index (χ2v) is 6.95. The van der Waals surface area contributed by atoms with E-state index < -0.39 is 21.6 Å². The molecule has 22 heavy (non-hydrogen) atoms. The Labute approximate surface area is 139 Å². The van der Waals surface area contributed by atoms with Crippen LogP contribution in [0.3, 0.4) is 0 Å². The lowest BCUT2D eigenvalue weighted by molar-refractivity contribution is -0.132. The van der Waals surface area contributed by atoms with Gasteiger partial charge in [-0.25, -0.2) is 0 Å². The predicted octanol–water partition coefficient (Wildman–Crippen LogP) is 2.36. The van der Waals surface area contributed by atoms with Crippen LogP contribution in [-0.2, 0) is 16.0 Å². The zero-order valence-electron chi connectivity index (χ0n) is 12.4. The molecular formula is C15H18Cl2N2O3. The highest BCUT2D eigenvalue weighted by molar-refractivity contribution is 6.53. The molecule has 5 nitrogen and oxygen atoms in total. The highest BCUT2D eigenvalue weighted by Gasteiger charge is 2.68. The predicted molar refractivity (Wildman–Crippen MR) is 84.8 cm³/mol. The molecule has 0 radical (unpaired) electrons. The van der Waals surface area contributed by atoms with Crippen LogP contribution in [-0.4, -0.2) is 22.8 Å². The molecule has 0 bridgehead atoms. The number of ether oxygens (including phenoxy) is 1. The number of alkyl halides is 2. The van der Waals surface area contributed by atoms with Crippen LogP contribution < -0.4 is 15.6 Å². The summed E-state index contributed by atoms with van der Waals surface area (Å²) < 4.78 is 4.38. The number of hydrazine groups is 1. The van der Waals surface area contributed by atoms with Crippen LogP contribution in [0.25, 0.3) is 0 Å². The fourth-order valence-corrected chi connectivity index (χ4v) is 2.73. The summed E-state index contributed by atoms with van der Waals surface area (Å²) in [6.07, 6.45) is 1.16. The van der Waals surface area contributed by atoms with Crippen molar-refractivity contribution in [2.75, 3.05) is 6.61 Å². The van der Waals surface area contributed by atoms with Crippen LogP contribution in [0.1, 0.15) is 25.8 Å². The van der Waals surface area contributed by atoms with Gasteiger partial charge in [0.25, 0.3) is 5.91 Å². The van der Waals surface area contributed by atoms with Gasteiger partial charge in [0.1, 0.15) is 10.1 Å². The minimum absolute atomic E-state index is 0.194. The van der Waals surface area contributed by atoms with Crippen LogP contribution in [0.5, 0.6) is 5.75 Å². The summed E-state index contributed by atoms with van der Waals surface area (Å²) in [7, 11) is 0. The second-order valence-electron chi connectivity index (χ2n) is 5.47. The Morgan fingerprint density at radius 3 is 2.50 bits per heavy atom. The molecule has 1 fully saturated rings. The highest BCUT2D eigenvalue weighted by Crippen LogP contribution is 2.63. The Balaban J connectivity index is 1.78. The van der Waals surface area contributed by atoms with Gasteiger partial charge in [-0.1, -0.05) is 25.1 Å². The molecule has 1 saturated carbocycles. The fraction of sp³-hybridized carbons (Fsp3) is 0.467. The van der Waals surface area contributed by atoms with E-state index in [4.69, 9.17) is 27.9 Å². The number of para-hydroxylation sites is 1. The lowest BCUT2D eigenvalue weighted by Gasteiger charge is -2.14. The van der Waals surface area contributed by atoms with Gasteiger partial charge in [-0.2, -0.15) is 0 Å². The standard InChI is InChI=1S/C15H18Cl2N2O3/c1-3-10-6-4-5-7-11(10)22-8-12(20)18-19-13(21)14(2)9-15(14,16)17/h4-7H,3,8-9H2,1-2H3,(H,18,20)(H,19,21). The molecule has 2 rings (SSSR count). The molecule has 0 aliphatic heterocycles. The number of nitrogens with one attached hydrogen (secondary N) is 2. The minimum atomic E-state index is -1.07. The molecule has 1 aromatic carbocycles. The molecule has 2 N–H and O–H groups in total. The number of rotatable bonds is 5. The van der Waals surface area contributed by atoms with Gasteiger partial charge < -0.3 is 4.74 Å². The van der Waals surface area contributed by atoms with Gasteiger partial charge in [0.2, 0.25) is 5.91 Å².